The highest BCUT2D eigenvalue weighted by Gasteiger charge is 2.50. The molecule has 302 valence electrons. The molecule has 2 aromatic heterocycles. The lowest BCUT2D eigenvalue weighted by Gasteiger charge is -2.40. The van der Waals surface area contributed by atoms with Crippen molar-refractivity contribution in [3.63, 3.8) is 0 Å². The quantitative estimate of drug-likeness (QED) is 0.169. The maximum atomic E-state index is 5.73. The van der Waals surface area contributed by atoms with Crippen LogP contribution >= 0.6 is 0 Å². The zero-order valence-electron chi connectivity index (χ0n) is 35.4. The number of nitrogens with zero attached hydrogens (tertiary/aromatic N) is 3. The van der Waals surface area contributed by atoms with E-state index in [0.29, 0.717) is 0 Å². The molecule has 0 N–H and O–H groups in total. The zero-order chi connectivity index (χ0) is 42.6. The molecule has 10 aromatic carbocycles. The van der Waals surface area contributed by atoms with Crippen LogP contribution in [0.25, 0.3) is 100 Å². The summed E-state index contributed by atoms with van der Waals surface area (Å²) in [6.07, 6.45) is 0. The molecule has 0 amide bonds. The van der Waals surface area contributed by atoms with Crippen molar-refractivity contribution in [2.45, 2.75) is 5.41 Å². The fourth-order valence-electron chi connectivity index (χ4n) is 11.6. The summed E-state index contributed by atoms with van der Waals surface area (Å²) in [7, 11) is 0. The molecular weight excluding hydrogens is 787 g/mol. The first-order valence-corrected chi connectivity index (χ1v) is 22.5. The second-order valence-electron chi connectivity index (χ2n) is 17.4. The summed E-state index contributed by atoms with van der Waals surface area (Å²) in [6.45, 7) is 0. The Morgan fingerprint density at radius 3 is 1.55 bits per heavy atom. The first kappa shape index (κ1) is 36.0. The van der Waals surface area contributed by atoms with Gasteiger partial charge in [-0.05, 0) is 104 Å². The third kappa shape index (κ3) is 4.92. The van der Waals surface area contributed by atoms with Crippen LogP contribution in [0.4, 0.5) is 0 Å². The van der Waals surface area contributed by atoms with E-state index in [1.54, 1.807) is 0 Å². The minimum atomic E-state index is -0.586. The molecule has 2 aliphatic rings. The normalized spacial score (nSPS) is 13.0. The highest BCUT2D eigenvalue weighted by molar-refractivity contribution is 6.16. The van der Waals surface area contributed by atoms with Gasteiger partial charge in [-0.1, -0.05) is 188 Å². The number of aromatic nitrogens is 3. The van der Waals surface area contributed by atoms with Gasteiger partial charge in [0.15, 0.2) is 0 Å². The van der Waals surface area contributed by atoms with Crippen LogP contribution in [0, 0.1) is 0 Å². The van der Waals surface area contributed by atoms with Crippen LogP contribution in [0.15, 0.2) is 237 Å². The molecule has 3 heteroatoms. The Morgan fingerprint density at radius 1 is 0.323 bits per heavy atom. The molecule has 1 spiro atoms. The second kappa shape index (κ2) is 13.7. The summed E-state index contributed by atoms with van der Waals surface area (Å²) in [5, 5.41) is 4.94. The van der Waals surface area contributed by atoms with Gasteiger partial charge in [0.2, 0.25) is 0 Å². The van der Waals surface area contributed by atoms with Gasteiger partial charge in [-0.2, -0.15) is 0 Å². The third-order valence-electron chi connectivity index (χ3n) is 14.1. The van der Waals surface area contributed by atoms with Gasteiger partial charge in [0, 0.05) is 38.8 Å². The van der Waals surface area contributed by atoms with Gasteiger partial charge < -0.3 is 4.57 Å². The van der Waals surface area contributed by atoms with E-state index in [4.69, 9.17) is 4.98 Å². The van der Waals surface area contributed by atoms with E-state index in [1.165, 1.54) is 77.1 Å². The van der Waals surface area contributed by atoms with Crippen molar-refractivity contribution in [3.05, 3.63) is 259 Å². The number of hydrogen-bond acceptors (Lipinski definition) is 1. The Labute approximate surface area is 376 Å². The summed E-state index contributed by atoms with van der Waals surface area (Å²) in [5.74, 6) is 0.907. The number of benzene rings is 10. The van der Waals surface area contributed by atoms with Crippen molar-refractivity contribution >= 4 is 32.6 Å². The van der Waals surface area contributed by atoms with E-state index < -0.39 is 5.41 Å². The lowest BCUT2D eigenvalue weighted by atomic mass is 9.61. The number of imidazole rings is 1. The molecule has 2 heterocycles. The third-order valence-corrected chi connectivity index (χ3v) is 14.1. The molecule has 0 unspecified atom stereocenters. The average molecular weight is 826 g/mol. The van der Waals surface area contributed by atoms with E-state index in [9.17, 15) is 0 Å². The highest BCUT2D eigenvalue weighted by Crippen LogP contribution is 2.63. The summed E-state index contributed by atoms with van der Waals surface area (Å²) in [6, 6.07) is 86.9. The van der Waals surface area contributed by atoms with Crippen molar-refractivity contribution < 1.29 is 0 Å². The number of fused-ring (bicyclic) bond motifs is 12. The Morgan fingerprint density at radius 2 is 0.862 bits per heavy atom. The smallest absolute Gasteiger partial charge is 0.146 e. The Hall–Kier alpha value is -8.53. The standard InChI is InChI=1S/C62H39N3/c1-5-20-40(21-6-1)59-60(41-22-7-2-8-23-41)65(43-26-11-4-12-27-43)61(63-59)49-37-36-48-50-39-57-51(46-30-15-18-35-56(46)64(57)42-24-9-3-10-25-42)38-55(50)62(54-34-19-31-47(49)58(48)54)52-32-16-13-28-44(52)45-29-14-17-33-53(45)62/h1-39H. The van der Waals surface area contributed by atoms with E-state index in [2.05, 4.69) is 246 Å². The van der Waals surface area contributed by atoms with Crippen molar-refractivity contribution in [2.75, 3.05) is 0 Å². The fourth-order valence-corrected chi connectivity index (χ4v) is 11.6. The van der Waals surface area contributed by atoms with Crippen LogP contribution in [0.1, 0.15) is 22.3 Å². The first-order valence-electron chi connectivity index (χ1n) is 22.5. The van der Waals surface area contributed by atoms with Crippen molar-refractivity contribution in [2.24, 2.45) is 0 Å². The van der Waals surface area contributed by atoms with Gasteiger partial charge >= 0.3 is 0 Å². The van der Waals surface area contributed by atoms with Crippen LogP contribution in [0.2, 0.25) is 0 Å². The topological polar surface area (TPSA) is 22.8 Å². The summed E-state index contributed by atoms with van der Waals surface area (Å²) >= 11 is 0. The molecular formula is C62H39N3. The van der Waals surface area contributed by atoms with Crippen molar-refractivity contribution in [1.29, 1.82) is 0 Å². The predicted molar refractivity (Wildman–Crippen MR) is 268 cm³/mol. The first-order chi connectivity index (χ1) is 32.3. The lowest BCUT2D eigenvalue weighted by Crippen LogP contribution is -2.31. The zero-order valence-corrected chi connectivity index (χ0v) is 35.4. The molecule has 0 aliphatic heterocycles. The molecule has 3 nitrogen and oxygen atoms in total. The van der Waals surface area contributed by atoms with Crippen LogP contribution in [0.3, 0.4) is 0 Å². The summed E-state index contributed by atoms with van der Waals surface area (Å²) in [5.41, 5.74) is 19.6. The largest absolute Gasteiger partial charge is 0.309 e. The van der Waals surface area contributed by atoms with E-state index in [1.807, 2.05) is 0 Å². The molecule has 65 heavy (non-hydrogen) atoms. The number of hydrogen-bond donors (Lipinski definition) is 0. The number of para-hydroxylation sites is 3. The SMILES string of the molecule is c1ccc(-c2nc(-c3ccc4c5c(cccc35)C3(c5ccccc5-c5ccccc53)c3cc5c6ccccc6n(-c6ccccc6)c5cc3-4)n(-c3ccccc3)c2-c2ccccc2)cc1. The molecule has 12 aromatic rings. The molecule has 2 aliphatic carbocycles. The van der Waals surface area contributed by atoms with Crippen LogP contribution in [0.5, 0.6) is 0 Å². The molecule has 14 rings (SSSR count). The monoisotopic (exact) mass is 825 g/mol. The lowest BCUT2D eigenvalue weighted by molar-refractivity contribution is 0.775. The predicted octanol–water partition coefficient (Wildman–Crippen LogP) is 15.5. The molecule has 0 radical (unpaired) electrons. The van der Waals surface area contributed by atoms with Gasteiger partial charge in [-0.15, -0.1) is 0 Å². The van der Waals surface area contributed by atoms with E-state index >= 15 is 0 Å². The van der Waals surface area contributed by atoms with Crippen molar-refractivity contribution in [3.8, 4) is 67.5 Å². The van der Waals surface area contributed by atoms with Crippen molar-refractivity contribution in [1.82, 2.24) is 14.1 Å². The molecule has 0 saturated heterocycles. The Bertz CT molecular complexity index is 3820. The number of rotatable bonds is 5. The molecule has 0 atom stereocenters. The van der Waals surface area contributed by atoms with Gasteiger partial charge in [0.05, 0.1) is 27.8 Å². The Kier molecular flexibility index (Phi) is 7.61. The minimum Gasteiger partial charge on any atom is -0.309 e. The fraction of sp³-hybridized carbons (Fsp3) is 0.0161. The second-order valence-corrected chi connectivity index (χ2v) is 17.4. The molecule has 0 fully saturated rings. The van der Waals surface area contributed by atoms with Gasteiger partial charge in [-0.3, -0.25) is 4.57 Å². The highest BCUT2D eigenvalue weighted by atomic mass is 15.1. The van der Waals surface area contributed by atoms with Crippen LogP contribution in [-0.4, -0.2) is 14.1 Å². The average Bonchev–Trinajstić information content (AvgIpc) is 4.03. The molecule has 0 saturated carbocycles. The van der Waals surface area contributed by atoms with Crippen LogP contribution < -0.4 is 0 Å². The Balaban J connectivity index is 1.15. The minimum absolute atomic E-state index is 0.586. The molecule has 0 bridgehead atoms. The van der Waals surface area contributed by atoms with Gasteiger partial charge in [0.25, 0.3) is 0 Å². The van der Waals surface area contributed by atoms with Crippen LogP contribution in [-0.2, 0) is 5.41 Å². The van der Waals surface area contributed by atoms with E-state index in [-0.39, 0.29) is 0 Å². The van der Waals surface area contributed by atoms with E-state index in [0.717, 1.165) is 45.3 Å². The van der Waals surface area contributed by atoms with Gasteiger partial charge in [0.1, 0.15) is 5.82 Å². The van der Waals surface area contributed by atoms with Gasteiger partial charge in [-0.25, -0.2) is 4.98 Å². The summed E-state index contributed by atoms with van der Waals surface area (Å²) in [4.78, 5) is 5.73. The summed E-state index contributed by atoms with van der Waals surface area (Å²) < 4.78 is 4.84. The maximum Gasteiger partial charge on any atom is 0.146 e. The maximum absolute atomic E-state index is 5.73.